The molecule has 1 heterocycles. The third-order valence-corrected chi connectivity index (χ3v) is 3.72. The number of aliphatic hydroxyl groups excluding tert-OH is 1. The molecule has 1 aromatic heterocycles. The lowest BCUT2D eigenvalue weighted by atomic mass is 10.4. The van der Waals surface area contributed by atoms with Crippen molar-refractivity contribution in [2.45, 2.75) is 25.0 Å². The van der Waals surface area contributed by atoms with Crippen molar-refractivity contribution >= 4 is 23.1 Å². The summed E-state index contributed by atoms with van der Waals surface area (Å²) in [6.07, 6.45) is -6.77. The molecule has 0 fully saturated rings. The lowest BCUT2D eigenvalue weighted by molar-refractivity contribution is -0.195. The Morgan fingerprint density at radius 3 is 2.73 bits per heavy atom. The highest BCUT2D eigenvalue weighted by atomic mass is 32.2. The van der Waals surface area contributed by atoms with E-state index in [-0.39, 0.29) is 5.75 Å². The maximum atomic E-state index is 11.9. The van der Waals surface area contributed by atoms with Crippen LogP contribution >= 0.6 is 23.1 Å². The largest absolute Gasteiger partial charge is 0.415 e. The molecular formula is C8H10F3NOS2. The molecule has 0 aromatic carbocycles. The van der Waals surface area contributed by atoms with E-state index in [1.807, 2.05) is 12.3 Å². The van der Waals surface area contributed by atoms with E-state index in [9.17, 15) is 13.2 Å². The topological polar surface area (TPSA) is 33.1 Å². The predicted octanol–water partition coefficient (Wildman–Crippen LogP) is 2.61. The third-order valence-electron chi connectivity index (χ3n) is 1.55. The van der Waals surface area contributed by atoms with Gasteiger partial charge in [-0.25, -0.2) is 4.98 Å². The fourth-order valence-electron chi connectivity index (χ4n) is 0.821. The summed E-state index contributed by atoms with van der Waals surface area (Å²) >= 11 is 2.45. The highest BCUT2D eigenvalue weighted by Gasteiger charge is 2.37. The Morgan fingerprint density at radius 2 is 2.27 bits per heavy atom. The number of aromatic nitrogens is 1. The van der Waals surface area contributed by atoms with Crippen LogP contribution in [0.3, 0.4) is 0 Å². The van der Waals surface area contributed by atoms with Crippen LogP contribution < -0.4 is 0 Å². The number of halogens is 3. The van der Waals surface area contributed by atoms with Crippen LogP contribution in [-0.2, 0) is 5.75 Å². The van der Waals surface area contributed by atoms with Gasteiger partial charge in [0.15, 0.2) is 6.10 Å². The molecule has 0 aliphatic rings. The van der Waals surface area contributed by atoms with Gasteiger partial charge in [0.1, 0.15) is 5.01 Å². The Morgan fingerprint density at radius 1 is 1.60 bits per heavy atom. The smallest absolute Gasteiger partial charge is 0.383 e. The highest BCUT2D eigenvalue weighted by molar-refractivity contribution is 7.98. The fraction of sp³-hybridized carbons (Fsp3) is 0.625. The first-order chi connectivity index (χ1) is 6.89. The number of hydrogen-bond donors (Lipinski definition) is 1. The molecule has 1 atom stereocenters. The fourth-order valence-corrected chi connectivity index (χ4v) is 2.67. The first kappa shape index (κ1) is 12.8. The molecule has 1 rings (SSSR count). The van der Waals surface area contributed by atoms with E-state index in [0.717, 1.165) is 22.5 Å². The molecule has 15 heavy (non-hydrogen) atoms. The van der Waals surface area contributed by atoms with Gasteiger partial charge in [-0.15, -0.1) is 11.3 Å². The molecule has 1 aromatic rings. The number of rotatable bonds is 4. The van der Waals surface area contributed by atoms with Crippen LogP contribution in [0.25, 0.3) is 0 Å². The van der Waals surface area contributed by atoms with Gasteiger partial charge in [-0.3, -0.25) is 0 Å². The van der Waals surface area contributed by atoms with Crippen molar-refractivity contribution in [2.24, 2.45) is 0 Å². The van der Waals surface area contributed by atoms with E-state index in [2.05, 4.69) is 4.98 Å². The number of aliphatic hydroxyl groups is 1. The maximum absolute atomic E-state index is 11.9. The first-order valence-electron chi connectivity index (χ1n) is 4.13. The molecule has 0 aliphatic heterocycles. The number of aryl methyl sites for hydroxylation is 1. The zero-order valence-electron chi connectivity index (χ0n) is 7.91. The Bertz CT molecular complexity index is 313. The van der Waals surface area contributed by atoms with Crippen molar-refractivity contribution in [1.29, 1.82) is 0 Å². The molecule has 0 amide bonds. The van der Waals surface area contributed by atoms with Gasteiger partial charge in [-0.1, -0.05) is 0 Å². The molecular weight excluding hydrogens is 247 g/mol. The van der Waals surface area contributed by atoms with E-state index in [1.165, 1.54) is 11.3 Å². The number of thioether (sulfide) groups is 1. The number of nitrogens with zero attached hydrogens (tertiary/aromatic N) is 1. The Hall–Kier alpha value is -0.270. The molecule has 0 spiro atoms. The second-order valence-corrected chi connectivity index (χ2v) is 4.93. The van der Waals surface area contributed by atoms with Crippen molar-refractivity contribution < 1.29 is 18.3 Å². The van der Waals surface area contributed by atoms with Crippen LogP contribution in [0.1, 0.15) is 10.7 Å². The second-order valence-electron chi connectivity index (χ2n) is 2.96. The molecule has 0 saturated heterocycles. The van der Waals surface area contributed by atoms with Crippen molar-refractivity contribution in [3.05, 3.63) is 16.1 Å². The molecule has 2 nitrogen and oxygen atoms in total. The van der Waals surface area contributed by atoms with Gasteiger partial charge in [-0.2, -0.15) is 24.9 Å². The Kier molecular flexibility index (Phi) is 4.42. The van der Waals surface area contributed by atoms with Crippen molar-refractivity contribution in [1.82, 2.24) is 4.98 Å². The molecule has 0 unspecified atom stereocenters. The molecule has 0 radical (unpaired) electrons. The minimum Gasteiger partial charge on any atom is -0.383 e. The highest BCUT2D eigenvalue weighted by Crippen LogP contribution is 2.25. The van der Waals surface area contributed by atoms with Crippen molar-refractivity contribution in [2.75, 3.05) is 5.75 Å². The summed E-state index contributed by atoms with van der Waals surface area (Å²) in [7, 11) is 0. The van der Waals surface area contributed by atoms with Crippen LogP contribution in [0.2, 0.25) is 0 Å². The van der Waals surface area contributed by atoms with Gasteiger partial charge in [0.05, 0.1) is 0 Å². The molecule has 86 valence electrons. The van der Waals surface area contributed by atoms with Gasteiger partial charge in [0.25, 0.3) is 0 Å². The molecule has 0 saturated carbocycles. The van der Waals surface area contributed by atoms with Gasteiger partial charge in [-0.05, 0) is 6.92 Å². The van der Waals surface area contributed by atoms with E-state index < -0.39 is 12.3 Å². The van der Waals surface area contributed by atoms with Gasteiger partial charge >= 0.3 is 6.18 Å². The standard InChI is InChI=1S/C8H10F3NOS2/c1-5-2-15-7(12-5)4-14-3-6(13)8(9,10)11/h2,6,13H,3-4H2,1H3/t6-/m0/s1. The zero-order chi connectivity index (χ0) is 11.5. The predicted molar refractivity (Wildman–Crippen MR) is 55.1 cm³/mol. The summed E-state index contributed by atoms with van der Waals surface area (Å²) < 4.78 is 35.7. The van der Waals surface area contributed by atoms with Crippen molar-refractivity contribution in [3.63, 3.8) is 0 Å². The average Bonchev–Trinajstić information content (AvgIpc) is 2.49. The molecule has 1 N–H and O–H groups in total. The molecule has 0 bridgehead atoms. The normalized spacial score (nSPS) is 14.2. The monoisotopic (exact) mass is 257 g/mol. The summed E-state index contributed by atoms with van der Waals surface area (Å²) in [4.78, 5) is 4.10. The number of hydrogen-bond acceptors (Lipinski definition) is 4. The summed E-state index contributed by atoms with van der Waals surface area (Å²) in [5, 5.41) is 11.3. The zero-order valence-corrected chi connectivity index (χ0v) is 9.55. The summed E-state index contributed by atoms with van der Waals surface area (Å²) in [5.74, 6) is 0.0633. The SMILES string of the molecule is Cc1csc(CSC[C@H](O)C(F)(F)F)n1. The van der Waals surface area contributed by atoms with Crippen LogP contribution in [0.4, 0.5) is 13.2 Å². The van der Waals surface area contributed by atoms with E-state index in [1.54, 1.807) is 0 Å². The quantitative estimate of drug-likeness (QED) is 0.900. The maximum Gasteiger partial charge on any atom is 0.415 e. The van der Waals surface area contributed by atoms with E-state index in [0.29, 0.717) is 5.75 Å². The molecule has 0 aliphatic carbocycles. The van der Waals surface area contributed by atoms with Crippen molar-refractivity contribution in [3.8, 4) is 0 Å². The van der Waals surface area contributed by atoms with Gasteiger partial charge in [0, 0.05) is 22.6 Å². The lowest BCUT2D eigenvalue weighted by Crippen LogP contribution is -2.30. The van der Waals surface area contributed by atoms with Crippen LogP contribution in [-0.4, -0.2) is 28.1 Å². The third kappa shape index (κ3) is 4.40. The Balaban J connectivity index is 2.28. The summed E-state index contributed by atoms with van der Waals surface area (Å²) in [6.45, 7) is 1.83. The lowest BCUT2D eigenvalue weighted by Gasteiger charge is -2.13. The summed E-state index contributed by atoms with van der Waals surface area (Å²) in [6, 6.07) is 0. The van der Waals surface area contributed by atoms with E-state index >= 15 is 0 Å². The second kappa shape index (κ2) is 5.18. The number of alkyl halides is 3. The van der Waals surface area contributed by atoms with Gasteiger partial charge in [0.2, 0.25) is 0 Å². The summed E-state index contributed by atoms with van der Waals surface area (Å²) in [5.41, 5.74) is 0.868. The van der Waals surface area contributed by atoms with Gasteiger partial charge < -0.3 is 5.11 Å². The minimum atomic E-state index is -4.52. The van der Waals surface area contributed by atoms with Crippen LogP contribution in [0, 0.1) is 6.92 Å². The van der Waals surface area contributed by atoms with E-state index in [4.69, 9.17) is 5.11 Å². The average molecular weight is 257 g/mol. The first-order valence-corrected chi connectivity index (χ1v) is 6.16. The van der Waals surface area contributed by atoms with Crippen LogP contribution in [0.5, 0.6) is 0 Å². The molecule has 7 heteroatoms. The Labute approximate surface area is 93.5 Å². The minimum absolute atomic E-state index is 0.345. The number of thiazole rings is 1. The van der Waals surface area contributed by atoms with Crippen LogP contribution in [0.15, 0.2) is 5.38 Å².